The first-order valence-electron chi connectivity index (χ1n) is 10.0. The highest BCUT2D eigenvalue weighted by molar-refractivity contribution is 5.96. The molecule has 156 valence electrons. The number of hydrogen-bond donors (Lipinski definition) is 0. The first kappa shape index (κ1) is 20.1. The van der Waals surface area contributed by atoms with Gasteiger partial charge in [-0.1, -0.05) is 19.0 Å². The lowest BCUT2D eigenvalue weighted by molar-refractivity contribution is -0.117. The lowest BCUT2D eigenvalue weighted by atomic mass is 10.1. The predicted molar refractivity (Wildman–Crippen MR) is 111 cm³/mol. The van der Waals surface area contributed by atoms with Crippen molar-refractivity contribution in [2.24, 2.45) is 5.92 Å². The zero-order valence-electron chi connectivity index (χ0n) is 17.3. The molecular weight excluding hydrogens is 385 g/mol. The minimum absolute atomic E-state index is 0.0441. The lowest BCUT2D eigenvalue weighted by Crippen LogP contribution is -2.24. The van der Waals surface area contributed by atoms with E-state index in [1.807, 2.05) is 24.3 Å². The second kappa shape index (κ2) is 8.26. The zero-order valence-corrected chi connectivity index (χ0v) is 17.3. The summed E-state index contributed by atoms with van der Waals surface area (Å²) in [6.07, 6.45) is 0.278. The van der Waals surface area contributed by atoms with Crippen LogP contribution in [0.1, 0.15) is 37.6 Å². The van der Waals surface area contributed by atoms with Crippen LogP contribution in [-0.2, 0) is 4.79 Å². The Morgan fingerprint density at radius 1 is 1.23 bits per heavy atom. The van der Waals surface area contributed by atoms with Gasteiger partial charge in [0.1, 0.15) is 11.6 Å². The summed E-state index contributed by atoms with van der Waals surface area (Å²) in [5, 5.41) is 4.08. The molecule has 3 aromatic rings. The molecule has 0 saturated carbocycles. The van der Waals surface area contributed by atoms with Gasteiger partial charge in [0.05, 0.1) is 12.5 Å². The van der Waals surface area contributed by atoms with Crippen LogP contribution in [0.2, 0.25) is 0 Å². The SMILES string of the molecule is Cc1cc(N2CC(c3nc(-c4ccc(OCC(C)C)cc4)no3)CC2=O)ccc1F. The number of carbonyl (C=O) groups excluding carboxylic acids is 1. The smallest absolute Gasteiger partial charge is 0.232 e. The monoisotopic (exact) mass is 409 g/mol. The van der Waals surface area contributed by atoms with Gasteiger partial charge in [-0.25, -0.2) is 4.39 Å². The number of ether oxygens (including phenoxy) is 1. The molecule has 1 aliphatic heterocycles. The van der Waals surface area contributed by atoms with Crippen LogP contribution in [0, 0.1) is 18.7 Å². The quantitative estimate of drug-likeness (QED) is 0.588. The van der Waals surface area contributed by atoms with Crippen LogP contribution in [0.25, 0.3) is 11.4 Å². The maximum Gasteiger partial charge on any atom is 0.232 e. The topological polar surface area (TPSA) is 68.5 Å². The zero-order chi connectivity index (χ0) is 21.3. The molecule has 0 spiro atoms. The van der Waals surface area contributed by atoms with Gasteiger partial charge >= 0.3 is 0 Å². The van der Waals surface area contributed by atoms with Gasteiger partial charge in [-0.15, -0.1) is 0 Å². The van der Waals surface area contributed by atoms with Gasteiger partial charge in [0.15, 0.2) is 0 Å². The average Bonchev–Trinajstić information content (AvgIpc) is 3.36. The van der Waals surface area contributed by atoms with Gasteiger partial charge in [0.2, 0.25) is 17.6 Å². The summed E-state index contributed by atoms with van der Waals surface area (Å²) < 4.78 is 24.7. The lowest BCUT2D eigenvalue weighted by Gasteiger charge is -2.16. The van der Waals surface area contributed by atoms with Crippen molar-refractivity contribution >= 4 is 11.6 Å². The first-order chi connectivity index (χ1) is 14.4. The summed E-state index contributed by atoms with van der Waals surface area (Å²) in [5.74, 6) is 1.63. The van der Waals surface area contributed by atoms with Crippen LogP contribution in [0.4, 0.5) is 10.1 Å². The van der Waals surface area contributed by atoms with E-state index in [1.54, 1.807) is 24.0 Å². The van der Waals surface area contributed by atoms with Crippen molar-refractivity contribution < 1.29 is 18.4 Å². The van der Waals surface area contributed by atoms with Crippen LogP contribution in [0.3, 0.4) is 0 Å². The summed E-state index contributed by atoms with van der Waals surface area (Å²) in [4.78, 5) is 18.7. The largest absolute Gasteiger partial charge is 0.493 e. The molecule has 1 amide bonds. The van der Waals surface area contributed by atoms with Gasteiger partial charge in [-0.05, 0) is 60.9 Å². The summed E-state index contributed by atoms with van der Waals surface area (Å²) in [7, 11) is 0. The number of benzene rings is 2. The Morgan fingerprint density at radius 3 is 2.70 bits per heavy atom. The van der Waals surface area contributed by atoms with Gasteiger partial charge in [-0.3, -0.25) is 4.79 Å². The number of halogens is 1. The number of aryl methyl sites for hydroxylation is 1. The van der Waals surface area contributed by atoms with E-state index in [9.17, 15) is 9.18 Å². The molecule has 1 aliphatic rings. The number of amides is 1. The number of carbonyl (C=O) groups is 1. The Labute approximate surface area is 174 Å². The fraction of sp³-hybridized carbons (Fsp3) is 0.348. The minimum atomic E-state index is -0.288. The molecule has 2 heterocycles. The number of aromatic nitrogens is 2. The van der Waals surface area contributed by atoms with Crippen LogP contribution in [-0.4, -0.2) is 29.2 Å². The fourth-order valence-corrected chi connectivity index (χ4v) is 3.40. The molecule has 30 heavy (non-hydrogen) atoms. The molecule has 0 radical (unpaired) electrons. The summed E-state index contributed by atoms with van der Waals surface area (Å²) in [6, 6.07) is 12.2. The van der Waals surface area contributed by atoms with Crippen LogP contribution >= 0.6 is 0 Å². The number of rotatable bonds is 6. The summed E-state index contributed by atoms with van der Waals surface area (Å²) in [5.41, 5.74) is 2.00. The molecule has 4 rings (SSSR count). The van der Waals surface area contributed by atoms with Gasteiger partial charge in [0.25, 0.3) is 0 Å². The average molecular weight is 409 g/mol. The Bertz CT molecular complexity index is 1050. The fourth-order valence-electron chi connectivity index (χ4n) is 3.40. The van der Waals surface area contributed by atoms with Crippen LogP contribution < -0.4 is 9.64 Å². The van der Waals surface area contributed by atoms with Gasteiger partial charge in [-0.2, -0.15) is 4.98 Å². The highest BCUT2D eigenvalue weighted by Gasteiger charge is 2.35. The third-order valence-electron chi connectivity index (χ3n) is 5.07. The summed E-state index contributed by atoms with van der Waals surface area (Å²) in [6.45, 7) is 6.96. The van der Waals surface area contributed by atoms with Crippen molar-refractivity contribution in [3.05, 3.63) is 59.7 Å². The highest BCUT2D eigenvalue weighted by atomic mass is 19.1. The molecule has 0 bridgehead atoms. The maximum atomic E-state index is 13.5. The molecule has 7 heteroatoms. The van der Waals surface area contributed by atoms with Crippen molar-refractivity contribution in [2.45, 2.75) is 33.1 Å². The molecule has 2 aromatic carbocycles. The second-order valence-corrected chi connectivity index (χ2v) is 8.02. The van der Waals surface area contributed by atoms with Crippen LogP contribution in [0.5, 0.6) is 5.75 Å². The van der Waals surface area contributed by atoms with E-state index in [2.05, 4.69) is 24.0 Å². The van der Waals surface area contributed by atoms with E-state index in [4.69, 9.17) is 9.26 Å². The molecule has 6 nitrogen and oxygen atoms in total. The number of hydrogen-bond acceptors (Lipinski definition) is 5. The molecule has 1 unspecified atom stereocenters. The third-order valence-corrected chi connectivity index (χ3v) is 5.07. The minimum Gasteiger partial charge on any atom is -0.493 e. The first-order valence-corrected chi connectivity index (χ1v) is 10.0. The van der Waals surface area contributed by atoms with E-state index in [-0.39, 0.29) is 24.1 Å². The Morgan fingerprint density at radius 2 is 2.00 bits per heavy atom. The Hall–Kier alpha value is -3.22. The molecule has 0 N–H and O–H groups in total. The van der Waals surface area contributed by atoms with Gasteiger partial charge < -0.3 is 14.2 Å². The van der Waals surface area contributed by atoms with E-state index >= 15 is 0 Å². The normalized spacial score (nSPS) is 16.5. The Kier molecular flexibility index (Phi) is 5.53. The predicted octanol–water partition coefficient (Wildman–Crippen LogP) is 4.74. The molecule has 1 atom stereocenters. The molecule has 0 aliphatic carbocycles. The molecular formula is C23H24FN3O3. The van der Waals surface area contributed by atoms with Crippen molar-refractivity contribution in [2.75, 3.05) is 18.1 Å². The molecule has 1 saturated heterocycles. The standard InChI is InChI=1S/C23H24FN3O3/c1-14(2)13-29-19-7-4-16(5-8-19)22-25-23(30-26-22)17-11-21(28)27(12-17)18-6-9-20(24)15(3)10-18/h4-10,14,17H,11-13H2,1-3H3. The highest BCUT2D eigenvalue weighted by Crippen LogP contribution is 2.32. The number of nitrogens with zero attached hydrogens (tertiary/aromatic N) is 3. The van der Waals surface area contributed by atoms with E-state index in [0.717, 1.165) is 11.3 Å². The van der Waals surface area contributed by atoms with Crippen molar-refractivity contribution in [3.8, 4) is 17.1 Å². The van der Waals surface area contributed by atoms with E-state index < -0.39 is 0 Å². The maximum absolute atomic E-state index is 13.5. The third kappa shape index (κ3) is 4.20. The van der Waals surface area contributed by atoms with Crippen molar-refractivity contribution in [1.29, 1.82) is 0 Å². The molecule has 1 fully saturated rings. The number of anilines is 1. The Balaban J connectivity index is 1.46. The van der Waals surface area contributed by atoms with E-state index in [0.29, 0.717) is 42.0 Å². The van der Waals surface area contributed by atoms with E-state index in [1.165, 1.54) is 6.07 Å². The van der Waals surface area contributed by atoms with Gasteiger partial charge in [0, 0.05) is 24.2 Å². The summed E-state index contributed by atoms with van der Waals surface area (Å²) >= 11 is 0. The van der Waals surface area contributed by atoms with Crippen molar-refractivity contribution in [3.63, 3.8) is 0 Å². The van der Waals surface area contributed by atoms with Crippen molar-refractivity contribution in [1.82, 2.24) is 10.1 Å². The second-order valence-electron chi connectivity index (χ2n) is 8.02. The molecule has 1 aromatic heterocycles. The van der Waals surface area contributed by atoms with Crippen LogP contribution in [0.15, 0.2) is 47.0 Å².